The predicted molar refractivity (Wildman–Crippen MR) is 86.5 cm³/mol. The second-order valence-electron chi connectivity index (χ2n) is 4.97. The van der Waals surface area contributed by atoms with Crippen molar-refractivity contribution in [1.82, 2.24) is 25.4 Å². The van der Waals surface area contributed by atoms with E-state index in [-0.39, 0.29) is 36.8 Å². The predicted octanol–water partition coefficient (Wildman–Crippen LogP) is 1.21. The maximum Gasteiger partial charge on any atom is 0.253 e. The first kappa shape index (κ1) is 17.7. The van der Waals surface area contributed by atoms with Gasteiger partial charge in [0.25, 0.3) is 5.91 Å². The van der Waals surface area contributed by atoms with Crippen LogP contribution in [0.2, 0.25) is 0 Å². The molecule has 1 saturated heterocycles. The summed E-state index contributed by atoms with van der Waals surface area (Å²) in [6.07, 6.45) is 2.59. The number of pyridine rings is 1. The molecule has 0 radical (unpaired) electrons. The standard InChI is InChI=1S/C13H17N5O.2ClH/c1-8-11-5-9(6-15-12(11)18(2)17-8)13(19)16-10-3-4-14-7-10;;/h5-6,10,14H,3-4,7H2,1-2H3,(H,16,19);2*1H. The van der Waals surface area contributed by atoms with Crippen LogP contribution in [-0.4, -0.2) is 39.8 Å². The van der Waals surface area contributed by atoms with Gasteiger partial charge >= 0.3 is 0 Å². The SMILES string of the molecule is Cc1nn(C)c2ncc(C(=O)NC3CCNC3)cc12.Cl.Cl. The smallest absolute Gasteiger partial charge is 0.253 e. The Morgan fingerprint density at radius 1 is 1.48 bits per heavy atom. The first-order valence-corrected chi connectivity index (χ1v) is 6.46. The van der Waals surface area contributed by atoms with Gasteiger partial charge in [0.1, 0.15) is 0 Å². The highest BCUT2D eigenvalue weighted by atomic mass is 35.5. The monoisotopic (exact) mass is 331 g/mol. The van der Waals surface area contributed by atoms with Gasteiger partial charge in [-0.25, -0.2) is 4.98 Å². The Morgan fingerprint density at radius 2 is 2.24 bits per heavy atom. The normalized spacial score (nSPS) is 17.1. The fourth-order valence-corrected chi connectivity index (χ4v) is 2.48. The van der Waals surface area contributed by atoms with E-state index in [1.54, 1.807) is 10.9 Å². The van der Waals surface area contributed by atoms with E-state index >= 15 is 0 Å². The first-order chi connectivity index (χ1) is 9.15. The zero-order valence-corrected chi connectivity index (χ0v) is 13.6. The number of nitrogens with zero attached hydrogens (tertiary/aromatic N) is 3. The molecule has 1 aliphatic heterocycles. The van der Waals surface area contributed by atoms with Crippen LogP contribution in [-0.2, 0) is 7.05 Å². The molecule has 116 valence electrons. The number of rotatable bonds is 2. The average Bonchev–Trinajstić information content (AvgIpc) is 2.99. The minimum atomic E-state index is -0.0636. The fraction of sp³-hybridized carbons (Fsp3) is 0.462. The van der Waals surface area contributed by atoms with Crippen molar-refractivity contribution < 1.29 is 4.79 Å². The molecule has 1 fully saturated rings. The van der Waals surface area contributed by atoms with Crippen molar-refractivity contribution in [1.29, 1.82) is 0 Å². The van der Waals surface area contributed by atoms with Crippen LogP contribution < -0.4 is 10.6 Å². The zero-order valence-electron chi connectivity index (χ0n) is 11.9. The number of halogens is 2. The number of hydrogen-bond donors (Lipinski definition) is 2. The lowest BCUT2D eigenvalue weighted by Gasteiger charge is -2.11. The summed E-state index contributed by atoms with van der Waals surface area (Å²) in [4.78, 5) is 16.5. The second kappa shape index (κ2) is 7.06. The average molecular weight is 332 g/mol. The number of hydrogen-bond acceptors (Lipinski definition) is 4. The third-order valence-electron chi connectivity index (χ3n) is 3.52. The molecule has 0 saturated carbocycles. The van der Waals surface area contributed by atoms with E-state index in [4.69, 9.17) is 0 Å². The van der Waals surface area contributed by atoms with Crippen LogP contribution in [0.25, 0.3) is 11.0 Å². The van der Waals surface area contributed by atoms with Crippen molar-refractivity contribution in [3.05, 3.63) is 23.5 Å². The number of nitrogens with one attached hydrogen (secondary N) is 2. The van der Waals surface area contributed by atoms with Crippen LogP contribution >= 0.6 is 24.8 Å². The Morgan fingerprint density at radius 3 is 2.90 bits per heavy atom. The molecule has 3 heterocycles. The first-order valence-electron chi connectivity index (χ1n) is 6.46. The molecule has 3 rings (SSSR count). The van der Waals surface area contributed by atoms with E-state index in [1.807, 2.05) is 20.0 Å². The van der Waals surface area contributed by atoms with Crippen molar-refractivity contribution in [2.45, 2.75) is 19.4 Å². The van der Waals surface area contributed by atoms with Gasteiger partial charge in [-0.15, -0.1) is 24.8 Å². The van der Waals surface area contributed by atoms with E-state index in [1.165, 1.54) is 0 Å². The molecule has 2 aromatic heterocycles. The quantitative estimate of drug-likeness (QED) is 0.867. The maximum absolute atomic E-state index is 12.2. The van der Waals surface area contributed by atoms with Gasteiger partial charge in [0.2, 0.25) is 0 Å². The molecule has 21 heavy (non-hydrogen) atoms. The summed E-state index contributed by atoms with van der Waals surface area (Å²) in [5.74, 6) is -0.0636. The zero-order chi connectivity index (χ0) is 13.4. The van der Waals surface area contributed by atoms with Gasteiger partial charge in [0.05, 0.1) is 11.3 Å². The molecule has 1 amide bonds. The minimum absolute atomic E-state index is 0. The fourth-order valence-electron chi connectivity index (χ4n) is 2.48. The summed E-state index contributed by atoms with van der Waals surface area (Å²) in [5, 5.41) is 11.5. The van der Waals surface area contributed by atoms with Crippen LogP contribution in [0, 0.1) is 6.92 Å². The molecule has 0 bridgehead atoms. The molecule has 6 nitrogen and oxygen atoms in total. The molecule has 0 aliphatic carbocycles. The van der Waals surface area contributed by atoms with Crippen molar-refractivity contribution in [3.63, 3.8) is 0 Å². The van der Waals surface area contributed by atoms with E-state index in [9.17, 15) is 4.79 Å². The third-order valence-corrected chi connectivity index (χ3v) is 3.52. The Bertz CT molecular complexity index is 637. The lowest BCUT2D eigenvalue weighted by Crippen LogP contribution is -2.36. The van der Waals surface area contributed by atoms with Gasteiger partial charge in [-0.3, -0.25) is 9.48 Å². The number of fused-ring (bicyclic) bond motifs is 1. The topological polar surface area (TPSA) is 71.8 Å². The highest BCUT2D eigenvalue weighted by molar-refractivity contribution is 5.97. The van der Waals surface area contributed by atoms with Crippen LogP contribution in [0.5, 0.6) is 0 Å². The van der Waals surface area contributed by atoms with Crippen LogP contribution in [0.15, 0.2) is 12.3 Å². The lowest BCUT2D eigenvalue weighted by molar-refractivity contribution is 0.0940. The molecular formula is C13H19Cl2N5O. The number of aryl methyl sites for hydroxylation is 2. The summed E-state index contributed by atoms with van der Waals surface area (Å²) in [5.41, 5.74) is 2.29. The molecule has 0 spiro atoms. The van der Waals surface area contributed by atoms with Gasteiger partial charge in [-0.05, 0) is 26.0 Å². The Hall–Kier alpha value is -1.37. The Labute approximate surface area is 135 Å². The van der Waals surface area contributed by atoms with Crippen molar-refractivity contribution in [2.75, 3.05) is 13.1 Å². The highest BCUT2D eigenvalue weighted by Gasteiger charge is 2.18. The largest absolute Gasteiger partial charge is 0.348 e. The number of amides is 1. The summed E-state index contributed by atoms with van der Waals surface area (Å²) < 4.78 is 1.73. The Balaban J connectivity index is 0.00000110. The lowest BCUT2D eigenvalue weighted by atomic mass is 10.2. The molecule has 1 atom stereocenters. The molecule has 1 aliphatic rings. The molecule has 2 N–H and O–H groups in total. The minimum Gasteiger partial charge on any atom is -0.348 e. The van der Waals surface area contributed by atoms with E-state index in [0.717, 1.165) is 36.2 Å². The summed E-state index contributed by atoms with van der Waals surface area (Å²) >= 11 is 0. The number of aromatic nitrogens is 3. The van der Waals surface area contributed by atoms with Crippen molar-refractivity contribution in [3.8, 4) is 0 Å². The van der Waals surface area contributed by atoms with Crippen LogP contribution in [0.1, 0.15) is 22.5 Å². The third kappa shape index (κ3) is 3.45. The Kier molecular flexibility index (Phi) is 5.95. The molecular weight excluding hydrogens is 313 g/mol. The van der Waals surface area contributed by atoms with Gasteiger partial charge in [0.15, 0.2) is 5.65 Å². The summed E-state index contributed by atoms with van der Waals surface area (Å²) in [7, 11) is 1.85. The van der Waals surface area contributed by atoms with Gasteiger partial charge in [-0.1, -0.05) is 0 Å². The van der Waals surface area contributed by atoms with Crippen LogP contribution in [0.4, 0.5) is 0 Å². The molecule has 8 heteroatoms. The van der Waals surface area contributed by atoms with Crippen LogP contribution in [0.3, 0.4) is 0 Å². The number of carbonyl (C=O) groups is 1. The molecule has 1 unspecified atom stereocenters. The summed E-state index contributed by atoms with van der Waals surface area (Å²) in [6.45, 7) is 3.73. The molecule has 2 aromatic rings. The van der Waals surface area contributed by atoms with E-state index in [2.05, 4.69) is 20.7 Å². The van der Waals surface area contributed by atoms with Gasteiger partial charge < -0.3 is 10.6 Å². The van der Waals surface area contributed by atoms with E-state index in [0.29, 0.717) is 5.56 Å². The van der Waals surface area contributed by atoms with Gasteiger partial charge in [-0.2, -0.15) is 5.10 Å². The van der Waals surface area contributed by atoms with E-state index < -0.39 is 0 Å². The maximum atomic E-state index is 12.2. The highest BCUT2D eigenvalue weighted by Crippen LogP contribution is 2.16. The molecule has 0 aromatic carbocycles. The van der Waals surface area contributed by atoms with Crippen molar-refractivity contribution >= 4 is 41.8 Å². The second-order valence-corrected chi connectivity index (χ2v) is 4.97. The number of carbonyl (C=O) groups excluding carboxylic acids is 1. The summed E-state index contributed by atoms with van der Waals surface area (Å²) in [6, 6.07) is 2.08. The van der Waals surface area contributed by atoms with Crippen molar-refractivity contribution in [2.24, 2.45) is 7.05 Å². The van der Waals surface area contributed by atoms with Gasteiger partial charge in [0, 0.05) is 31.2 Å².